The standard InChI is InChI=1S/C57H66N4O7/c58-54-40-15-14-39-45(63)17-16-43-55(61-31-42-41(30-59-44(42)32-61)53-52(39)51(40)36(29-60-54)28-57(53)20-6-7-21-57)68-50-25-35(46(64)27-49(50)67-23-22-56(43)18-4-5-19-56)10-12-37(62)26-48(66)38-13-11-34(24-47(38)65)33-8-2-1-3-9-33/h11,13-15,25,27,30-34,36,38,43,45,47-48,53-55,59-60,63-66H,1-10,12,18-21,24,26,28-29,58H2/t34-,36+,38-,43+,45-,47+,48-,53-,54+,55+/m0/s1. The molecule has 10 atom stereocenters. The van der Waals surface area contributed by atoms with Gasteiger partial charge < -0.3 is 45.2 Å². The number of aromatic nitrogens is 2. The van der Waals surface area contributed by atoms with E-state index >= 15 is 0 Å². The van der Waals surface area contributed by atoms with Crippen molar-refractivity contribution in [3.05, 3.63) is 88.4 Å². The molecule has 3 fully saturated rings. The van der Waals surface area contributed by atoms with Crippen molar-refractivity contribution < 1.29 is 34.7 Å². The minimum atomic E-state index is -1.07. The molecule has 11 nitrogen and oxygen atoms in total. The van der Waals surface area contributed by atoms with Crippen LogP contribution in [0.25, 0.3) is 10.9 Å². The highest BCUT2D eigenvalue weighted by Crippen LogP contribution is 2.64. The molecule has 0 radical (unpaired) electrons. The molecule has 0 unspecified atom stereocenters. The minimum absolute atomic E-state index is 0.0173. The first-order chi connectivity index (χ1) is 33.1. The lowest BCUT2D eigenvalue weighted by molar-refractivity contribution is -0.122. The molecule has 3 saturated carbocycles. The number of phenolic OH excluding ortho intramolecular Hbond substituents is 1. The Bertz CT molecular complexity index is 2760. The number of hydrogen-bond acceptors (Lipinski definition) is 9. The van der Waals surface area contributed by atoms with Crippen molar-refractivity contribution in [3.8, 4) is 41.1 Å². The number of ether oxygens (including phenoxy) is 2. The highest BCUT2D eigenvalue weighted by Gasteiger charge is 2.53. The Morgan fingerprint density at radius 1 is 0.926 bits per heavy atom. The third kappa shape index (κ3) is 7.51. The number of aryl methyl sites for hydroxylation is 1. The summed E-state index contributed by atoms with van der Waals surface area (Å²) in [5.41, 5.74) is 13.4. The van der Waals surface area contributed by atoms with Crippen LogP contribution in [0.4, 0.5) is 0 Å². The van der Waals surface area contributed by atoms with E-state index in [2.05, 4.69) is 75.5 Å². The quantitative estimate of drug-likeness (QED) is 0.0705. The van der Waals surface area contributed by atoms with Gasteiger partial charge in [-0.1, -0.05) is 87.0 Å². The number of aromatic amines is 1. The second kappa shape index (κ2) is 17.4. The van der Waals surface area contributed by atoms with Crippen molar-refractivity contribution in [3.63, 3.8) is 0 Å². The maximum Gasteiger partial charge on any atom is 0.191 e. The van der Waals surface area contributed by atoms with Crippen LogP contribution in [0.1, 0.15) is 173 Å². The van der Waals surface area contributed by atoms with Crippen LogP contribution in [0.3, 0.4) is 0 Å². The fourth-order valence-corrected chi connectivity index (χ4v) is 14.8. The summed E-state index contributed by atoms with van der Waals surface area (Å²) < 4.78 is 15.5. The van der Waals surface area contributed by atoms with Crippen LogP contribution in [0.15, 0.2) is 55.0 Å². The third-order valence-corrected chi connectivity index (χ3v) is 18.2. The monoisotopic (exact) mass is 918 g/mol. The molecule has 11 heteroatoms. The van der Waals surface area contributed by atoms with Crippen molar-refractivity contribution in [1.29, 1.82) is 0 Å². The fraction of sp³-hybridized carbons (Fsp3) is 0.561. The molecule has 8 N–H and O–H groups in total. The average Bonchev–Trinajstić information content (AvgIpc) is 4.17. The molecule has 2 bridgehead atoms. The van der Waals surface area contributed by atoms with Gasteiger partial charge in [-0.2, -0.15) is 0 Å². The number of ketones is 1. The number of nitrogens with one attached hydrogen (secondary N) is 2. The lowest BCUT2D eigenvalue weighted by atomic mass is 9.55. The van der Waals surface area contributed by atoms with Crippen molar-refractivity contribution in [2.24, 2.45) is 40.2 Å². The van der Waals surface area contributed by atoms with Crippen molar-refractivity contribution >= 4 is 16.7 Å². The lowest BCUT2D eigenvalue weighted by Gasteiger charge is -2.50. The number of carbonyl (C=O) groups is 1. The molecular weight excluding hydrogens is 853 g/mol. The number of nitrogens with zero attached hydrogens (tertiary/aromatic N) is 1. The lowest BCUT2D eigenvalue weighted by Crippen LogP contribution is -2.45. The maximum absolute atomic E-state index is 13.5. The molecule has 4 aromatic rings. The van der Waals surface area contributed by atoms with Gasteiger partial charge in [0.15, 0.2) is 17.7 Å². The molecule has 2 spiro atoms. The van der Waals surface area contributed by atoms with Crippen LogP contribution in [0, 0.1) is 58.4 Å². The van der Waals surface area contributed by atoms with Gasteiger partial charge in [-0.25, -0.2) is 0 Å². The zero-order valence-corrected chi connectivity index (χ0v) is 39.0. The Hall–Kier alpha value is -5.01. The molecule has 2 aromatic heterocycles. The van der Waals surface area contributed by atoms with Crippen molar-refractivity contribution in [1.82, 2.24) is 14.9 Å². The summed E-state index contributed by atoms with van der Waals surface area (Å²) in [7, 11) is 0. The molecule has 356 valence electrons. The van der Waals surface area contributed by atoms with E-state index in [9.17, 15) is 25.2 Å². The average molecular weight is 919 g/mol. The summed E-state index contributed by atoms with van der Waals surface area (Å²) in [6.45, 7) is 0.814. The zero-order valence-electron chi connectivity index (χ0n) is 39.0. The predicted molar refractivity (Wildman–Crippen MR) is 258 cm³/mol. The number of carbonyl (C=O) groups excluding carboxylic acids is 1. The van der Waals surface area contributed by atoms with Gasteiger partial charge in [0, 0.05) is 61.3 Å². The van der Waals surface area contributed by atoms with E-state index < -0.39 is 41.8 Å². The Morgan fingerprint density at radius 3 is 2.53 bits per heavy atom. The smallest absolute Gasteiger partial charge is 0.191 e. The highest BCUT2D eigenvalue weighted by atomic mass is 16.5. The van der Waals surface area contributed by atoms with Crippen molar-refractivity contribution in [2.75, 3.05) is 6.54 Å². The number of Topliss-reactive ketones (excluding diaryl/α,β-unsaturated/α-hetero) is 1. The van der Waals surface area contributed by atoms with E-state index in [1.807, 2.05) is 6.08 Å². The Labute approximate surface area is 399 Å². The first-order valence-electron chi connectivity index (χ1n) is 25.9. The SMILES string of the molecule is N[C@@H]1NC[C@H]2CC3(CCCC3)[C@@H]3c4c(ccc1c42)[C@@H](O)C#C[C@@H]1[C@@H](Oc2cc(CCC(=O)C[C@H](O)[C@H]4C=C[C@H](C5CCCCC5)C[C@H]4O)c(O)cc2OC#CC12CCCC2)n1cc2[nH]cc3c2c1. The number of benzene rings is 2. The van der Waals surface area contributed by atoms with Gasteiger partial charge in [-0.3, -0.25) is 10.1 Å². The predicted octanol–water partition coefficient (Wildman–Crippen LogP) is 8.96. The number of allylic oxidation sites excluding steroid dienone is 1. The summed E-state index contributed by atoms with van der Waals surface area (Å²) in [5.74, 6) is 11.3. The van der Waals surface area contributed by atoms with Gasteiger partial charge in [-0.05, 0) is 120 Å². The summed E-state index contributed by atoms with van der Waals surface area (Å²) in [6, 6.07) is 7.46. The second-order valence-corrected chi connectivity index (χ2v) is 22.1. The molecule has 8 aliphatic rings. The summed E-state index contributed by atoms with van der Waals surface area (Å²) in [4.78, 5) is 17.2. The van der Waals surface area contributed by atoms with Crippen LogP contribution in [-0.2, 0) is 11.2 Å². The topological polar surface area (TPSA) is 175 Å². The Kier molecular flexibility index (Phi) is 11.3. The number of phenols is 1. The minimum Gasteiger partial charge on any atom is -0.508 e. The number of rotatable bonds is 7. The van der Waals surface area contributed by atoms with E-state index in [0.29, 0.717) is 35.5 Å². The first kappa shape index (κ1) is 44.2. The van der Waals surface area contributed by atoms with Crippen LogP contribution in [-0.4, -0.2) is 54.5 Å². The molecule has 5 heterocycles. The van der Waals surface area contributed by atoms with Gasteiger partial charge in [0.05, 0.1) is 35.2 Å². The van der Waals surface area contributed by atoms with Crippen LogP contribution >= 0.6 is 0 Å². The van der Waals surface area contributed by atoms with Gasteiger partial charge in [0.2, 0.25) is 0 Å². The number of H-pyrrole nitrogens is 1. The molecule has 3 aliphatic heterocycles. The maximum atomic E-state index is 13.5. The van der Waals surface area contributed by atoms with Crippen LogP contribution < -0.4 is 20.5 Å². The molecule has 0 saturated heterocycles. The fourth-order valence-electron chi connectivity index (χ4n) is 14.8. The number of nitrogens with two attached hydrogens (primary N) is 1. The number of aliphatic hydroxyl groups excluding tert-OH is 3. The molecule has 0 amide bonds. The van der Waals surface area contributed by atoms with Gasteiger partial charge >= 0.3 is 0 Å². The molecule has 2 aromatic carbocycles. The Balaban J connectivity index is 0.887. The summed E-state index contributed by atoms with van der Waals surface area (Å²) in [6.07, 6.45) is 26.0. The highest BCUT2D eigenvalue weighted by molar-refractivity contribution is 5.85. The first-order valence-corrected chi connectivity index (χ1v) is 25.9. The van der Waals surface area contributed by atoms with Crippen LogP contribution in [0.5, 0.6) is 17.2 Å². The van der Waals surface area contributed by atoms with E-state index in [1.165, 1.54) is 67.7 Å². The molecule has 12 rings (SSSR count). The third-order valence-electron chi connectivity index (χ3n) is 18.2. The molecule has 68 heavy (non-hydrogen) atoms. The van der Waals surface area contributed by atoms with E-state index in [-0.39, 0.29) is 54.0 Å². The normalized spacial score (nSPS) is 31.3. The van der Waals surface area contributed by atoms with Gasteiger partial charge in [0.1, 0.15) is 23.7 Å². The number of aromatic hydroxyl groups is 1. The van der Waals surface area contributed by atoms with E-state index in [1.54, 1.807) is 6.07 Å². The van der Waals surface area contributed by atoms with Gasteiger partial charge in [-0.15, -0.1) is 0 Å². The summed E-state index contributed by atoms with van der Waals surface area (Å²) in [5, 5.41) is 51.0. The van der Waals surface area contributed by atoms with Crippen LogP contribution in [0.2, 0.25) is 0 Å². The largest absolute Gasteiger partial charge is 0.508 e. The molecular formula is C57H66N4O7. The number of fused-ring (bicyclic) bond motifs is 7. The summed E-state index contributed by atoms with van der Waals surface area (Å²) >= 11 is 0. The zero-order chi connectivity index (χ0) is 46.3. The van der Waals surface area contributed by atoms with Gasteiger partial charge in [0.25, 0.3) is 0 Å². The van der Waals surface area contributed by atoms with E-state index in [4.69, 9.17) is 15.2 Å². The Morgan fingerprint density at radius 2 is 1.72 bits per heavy atom. The van der Waals surface area contributed by atoms with Crippen molar-refractivity contribution in [2.45, 2.75) is 158 Å². The number of hydrogen-bond donors (Lipinski definition) is 7. The van der Waals surface area contributed by atoms with E-state index in [0.717, 1.165) is 73.5 Å². The molecule has 5 aliphatic carbocycles. The number of aliphatic hydroxyl groups is 3. The second-order valence-electron chi connectivity index (χ2n) is 22.1.